The van der Waals surface area contributed by atoms with E-state index >= 15 is 0 Å². The van der Waals surface area contributed by atoms with Crippen molar-refractivity contribution in [2.45, 2.75) is 39.0 Å². The Morgan fingerprint density at radius 1 is 1.46 bits per heavy atom. The molecule has 13 heavy (non-hydrogen) atoms. The van der Waals surface area contributed by atoms with Crippen molar-refractivity contribution in [3.63, 3.8) is 0 Å². The Hall–Kier alpha value is -0.990. The van der Waals surface area contributed by atoms with Gasteiger partial charge in [-0.1, -0.05) is 13.8 Å². The van der Waals surface area contributed by atoms with Crippen LogP contribution in [0.4, 0.5) is 5.82 Å². The van der Waals surface area contributed by atoms with Crippen LogP contribution in [0, 0.1) is 12.8 Å². The smallest absolute Gasteiger partial charge is 0.148 e. The molecule has 3 N–H and O–H groups in total. The quantitative estimate of drug-likeness (QED) is 0.729. The van der Waals surface area contributed by atoms with Crippen LogP contribution in [0.2, 0.25) is 0 Å². The highest BCUT2D eigenvalue weighted by Crippen LogP contribution is 2.47. The Kier molecular flexibility index (Phi) is 1.65. The van der Waals surface area contributed by atoms with Gasteiger partial charge in [-0.15, -0.1) is 0 Å². The maximum Gasteiger partial charge on any atom is 0.148 e. The Bertz CT molecular complexity index is 321. The number of nitrogens with one attached hydrogen (secondary N) is 1. The highest BCUT2D eigenvalue weighted by atomic mass is 15.2. The molecule has 1 aliphatic rings. The number of nitrogens with two attached hydrogens (primary N) is 1. The molecule has 0 aliphatic heterocycles. The number of anilines is 1. The number of nitrogens with zero attached hydrogens (tertiary/aromatic N) is 1. The van der Waals surface area contributed by atoms with Crippen LogP contribution in [0.15, 0.2) is 0 Å². The van der Waals surface area contributed by atoms with Gasteiger partial charge in [-0.3, -0.25) is 5.10 Å². The molecule has 2 rings (SSSR count). The van der Waals surface area contributed by atoms with Gasteiger partial charge in [0.05, 0.1) is 0 Å². The fourth-order valence-electron chi connectivity index (χ4n) is 2.05. The summed E-state index contributed by atoms with van der Waals surface area (Å²) in [6, 6.07) is 0. The molecular formula is C10H17N3. The van der Waals surface area contributed by atoms with Crippen molar-refractivity contribution >= 4 is 5.82 Å². The van der Waals surface area contributed by atoms with Crippen LogP contribution in [0.25, 0.3) is 0 Å². The van der Waals surface area contributed by atoms with Crippen LogP contribution < -0.4 is 5.73 Å². The van der Waals surface area contributed by atoms with Crippen LogP contribution in [-0.2, 0) is 5.41 Å². The number of rotatable bonds is 2. The first-order chi connectivity index (χ1) is 6.03. The van der Waals surface area contributed by atoms with Crippen molar-refractivity contribution in [1.82, 2.24) is 10.2 Å². The van der Waals surface area contributed by atoms with Crippen molar-refractivity contribution in [2.75, 3.05) is 5.73 Å². The minimum Gasteiger partial charge on any atom is -0.382 e. The number of H-pyrrole nitrogens is 1. The molecule has 1 aliphatic carbocycles. The third kappa shape index (κ3) is 1.23. The Morgan fingerprint density at radius 3 is 2.46 bits per heavy atom. The van der Waals surface area contributed by atoms with Gasteiger partial charge >= 0.3 is 0 Å². The molecule has 1 saturated carbocycles. The molecule has 0 saturated heterocycles. The Balaban J connectivity index is 2.38. The van der Waals surface area contributed by atoms with E-state index < -0.39 is 0 Å². The second-order valence-electron chi connectivity index (χ2n) is 4.60. The maximum atomic E-state index is 5.72. The monoisotopic (exact) mass is 179 g/mol. The average molecular weight is 179 g/mol. The first-order valence-electron chi connectivity index (χ1n) is 4.84. The van der Waals surface area contributed by atoms with Crippen LogP contribution in [-0.4, -0.2) is 10.2 Å². The lowest BCUT2D eigenvalue weighted by Crippen LogP contribution is -2.21. The molecule has 1 fully saturated rings. The molecule has 0 amide bonds. The van der Waals surface area contributed by atoms with Crippen molar-refractivity contribution < 1.29 is 0 Å². The molecular weight excluding hydrogens is 162 g/mol. The van der Waals surface area contributed by atoms with E-state index in [-0.39, 0.29) is 5.41 Å². The standard InChI is InChI=1S/C10H17N3/c1-6-8(12-13-9(6)11)10(2,3)7-4-5-7/h7H,4-5H2,1-3H3,(H3,11,12,13). The van der Waals surface area contributed by atoms with E-state index in [1.54, 1.807) is 0 Å². The predicted octanol–water partition coefficient (Wildman–Crippen LogP) is 1.99. The second kappa shape index (κ2) is 2.50. The Labute approximate surface area is 78.7 Å². The normalized spacial score (nSPS) is 17.8. The molecule has 1 aromatic heterocycles. The van der Waals surface area contributed by atoms with Gasteiger partial charge < -0.3 is 5.73 Å². The molecule has 3 nitrogen and oxygen atoms in total. The summed E-state index contributed by atoms with van der Waals surface area (Å²) in [7, 11) is 0. The van der Waals surface area contributed by atoms with Crippen LogP contribution in [0.5, 0.6) is 0 Å². The van der Waals surface area contributed by atoms with Crippen molar-refractivity contribution in [3.8, 4) is 0 Å². The minimum atomic E-state index is 0.217. The summed E-state index contributed by atoms with van der Waals surface area (Å²) in [5.74, 6) is 1.45. The van der Waals surface area contributed by atoms with Gasteiger partial charge in [-0.05, 0) is 25.7 Å². The van der Waals surface area contributed by atoms with Crippen molar-refractivity contribution in [2.24, 2.45) is 5.92 Å². The summed E-state index contributed by atoms with van der Waals surface area (Å²) < 4.78 is 0. The molecule has 0 spiro atoms. The molecule has 0 unspecified atom stereocenters. The first kappa shape index (κ1) is 8.60. The summed E-state index contributed by atoms with van der Waals surface area (Å²) >= 11 is 0. The largest absolute Gasteiger partial charge is 0.382 e. The SMILES string of the molecule is Cc1c(N)n[nH]c1C(C)(C)C1CC1. The van der Waals surface area contributed by atoms with Crippen LogP contribution >= 0.6 is 0 Å². The zero-order valence-corrected chi connectivity index (χ0v) is 8.52. The van der Waals surface area contributed by atoms with Crippen LogP contribution in [0.1, 0.15) is 37.9 Å². The third-order valence-electron chi connectivity index (χ3n) is 3.29. The summed E-state index contributed by atoms with van der Waals surface area (Å²) in [4.78, 5) is 0. The van der Waals surface area contributed by atoms with Crippen molar-refractivity contribution in [3.05, 3.63) is 11.3 Å². The number of hydrogen-bond acceptors (Lipinski definition) is 2. The first-order valence-corrected chi connectivity index (χ1v) is 4.84. The molecule has 0 atom stereocenters. The van der Waals surface area contributed by atoms with Gasteiger partial charge in [0.15, 0.2) is 0 Å². The highest BCUT2D eigenvalue weighted by molar-refractivity contribution is 5.43. The van der Waals surface area contributed by atoms with Crippen LogP contribution in [0.3, 0.4) is 0 Å². The zero-order chi connectivity index (χ0) is 9.64. The van der Waals surface area contributed by atoms with E-state index in [1.165, 1.54) is 18.5 Å². The molecule has 1 heterocycles. The van der Waals surface area contributed by atoms with Gasteiger partial charge in [0.1, 0.15) is 5.82 Å². The molecule has 0 aromatic carbocycles. The van der Waals surface area contributed by atoms with E-state index in [0.717, 1.165) is 11.5 Å². The zero-order valence-electron chi connectivity index (χ0n) is 8.52. The molecule has 72 valence electrons. The number of aromatic nitrogens is 2. The second-order valence-corrected chi connectivity index (χ2v) is 4.60. The molecule has 0 radical (unpaired) electrons. The molecule has 0 bridgehead atoms. The van der Waals surface area contributed by atoms with E-state index in [0.29, 0.717) is 5.82 Å². The summed E-state index contributed by atoms with van der Waals surface area (Å²) in [5, 5.41) is 7.11. The van der Waals surface area contributed by atoms with Gasteiger partial charge in [0, 0.05) is 16.7 Å². The van der Waals surface area contributed by atoms with Gasteiger partial charge in [0.2, 0.25) is 0 Å². The average Bonchev–Trinajstić information content (AvgIpc) is 2.82. The number of aromatic amines is 1. The number of hydrogen-bond donors (Lipinski definition) is 2. The highest BCUT2D eigenvalue weighted by Gasteiger charge is 2.41. The van der Waals surface area contributed by atoms with E-state index in [9.17, 15) is 0 Å². The molecule has 3 heteroatoms. The summed E-state index contributed by atoms with van der Waals surface area (Å²) in [5.41, 5.74) is 8.27. The number of nitrogen functional groups attached to an aromatic ring is 1. The Morgan fingerprint density at radius 2 is 2.08 bits per heavy atom. The van der Waals surface area contributed by atoms with Gasteiger partial charge in [0.25, 0.3) is 0 Å². The summed E-state index contributed by atoms with van der Waals surface area (Å²) in [6.07, 6.45) is 2.68. The summed E-state index contributed by atoms with van der Waals surface area (Å²) in [6.45, 7) is 6.58. The van der Waals surface area contributed by atoms with Gasteiger partial charge in [-0.25, -0.2) is 0 Å². The fourth-order valence-corrected chi connectivity index (χ4v) is 2.05. The van der Waals surface area contributed by atoms with E-state index in [4.69, 9.17) is 5.73 Å². The van der Waals surface area contributed by atoms with Crippen molar-refractivity contribution in [1.29, 1.82) is 0 Å². The van der Waals surface area contributed by atoms with Gasteiger partial charge in [-0.2, -0.15) is 5.10 Å². The van der Waals surface area contributed by atoms with E-state index in [2.05, 4.69) is 24.0 Å². The minimum absolute atomic E-state index is 0.217. The lowest BCUT2D eigenvalue weighted by molar-refractivity contribution is 0.437. The molecule has 1 aromatic rings. The fraction of sp³-hybridized carbons (Fsp3) is 0.700. The van der Waals surface area contributed by atoms with E-state index in [1.807, 2.05) is 6.92 Å². The third-order valence-corrected chi connectivity index (χ3v) is 3.29. The lowest BCUT2D eigenvalue weighted by Gasteiger charge is -2.23. The maximum absolute atomic E-state index is 5.72. The lowest BCUT2D eigenvalue weighted by atomic mass is 9.82. The predicted molar refractivity (Wildman–Crippen MR) is 53.5 cm³/mol. The topological polar surface area (TPSA) is 54.7 Å².